The van der Waals surface area contributed by atoms with Crippen LogP contribution in [0.4, 0.5) is 0 Å². The summed E-state index contributed by atoms with van der Waals surface area (Å²) in [4.78, 5) is 14.5. The van der Waals surface area contributed by atoms with Crippen molar-refractivity contribution in [2.75, 3.05) is 0 Å². The zero-order valence-electron chi connectivity index (χ0n) is 27.0. The molecular weight excluding hydrogens is 609 g/mol. The highest BCUT2D eigenvalue weighted by molar-refractivity contribution is 6.13. The molecule has 0 unspecified atom stereocenters. The second-order valence-corrected chi connectivity index (χ2v) is 13.2. The molecule has 0 aliphatic heterocycles. The van der Waals surface area contributed by atoms with Gasteiger partial charge in [0.1, 0.15) is 6.33 Å². The second kappa shape index (κ2) is 10.2. The topological polar surface area (TPSA) is 43.6 Å². The fourth-order valence-electron chi connectivity index (χ4n) is 8.84. The highest BCUT2D eigenvalue weighted by Gasteiger charge is 2.52. The van der Waals surface area contributed by atoms with Gasteiger partial charge in [-0.15, -0.1) is 0 Å². The lowest BCUT2D eigenvalue weighted by atomic mass is 9.70. The third kappa shape index (κ3) is 3.52. The van der Waals surface area contributed by atoms with Gasteiger partial charge in [-0.25, -0.2) is 15.0 Å². The van der Waals surface area contributed by atoms with Crippen LogP contribution in [0, 0.1) is 0 Å². The Kier molecular flexibility index (Phi) is 5.56. The van der Waals surface area contributed by atoms with Crippen molar-refractivity contribution in [2.24, 2.45) is 0 Å². The highest BCUT2D eigenvalue weighted by Crippen LogP contribution is 2.64. The van der Waals surface area contributed by atoms with Gasteiger partial charge in [0.2, 0.25) is 0 Å². The number of hydrogen-bond acceptors (Lipinski definition) is 3. The van der Waals surface area contributed by atoms with Gasteiger partial charge >= 0.3 is 0 Å². The number of hydrogen-bond donors (Lipinski definition) is 0. The van der Waals surface area contributed by atoms with Crippen LogP contribution in [0.3, 0.4) is 0 Å². The molecule has 0 fully saturated rings. The molecule has 0 atom stereocenters. The summed E-state index contributed by atoms with van der Waals surface area (Å²) in [6.07, 6.45) is 1.65. The Bertz CT molecular complexity index is 2770. The summed E-state index contributed by atoms with van der Waals surface area (Å²) in [5, 5.41) is 2.48. The molecular formula is C46H28N4. The van der Waals surface area contributed by atoms with Crippen molar-refractivity contribution < 1.29 is 0 Å². The summed E-state index contributed by atoms with van der Waals surface area (Å²) >= 11 is 0. The van der Waals surface area contributed by atoms with Crippen LogP contribution in [-0.4, -0.2) is 19.5 Å². The van der Waals surface area contributed by atoms with Crippen LogP contribution in [0.25, 0.3) is 72.5 Å². The van der Waals surface area contributed by atoms with E-state index in [1.54, 1.807) is 6.33 Å². The predicted octanol–water partition coefficient (Wildman–Crippen LogP) is 10.6. The van der Waals surface area contributed by atoms with Crippen molar-refractivity contribution in [3.8, 4) is 50.7 Å². The Balaban J connectivity index is 1.30. The smallest absolute Gasteiger partial charge is 0.164 e. The summed E-state index contributed by atoms with van der Waals surface area (Å²) in [6, 6.07) is 59.1. The molecule has 9 aromatic rings. The minimum absolute atomic E-state index is 0.507. The molecule has 0 N–H and O–H groups in total. The standard InChI is InChI=1S/C46H28N4/c1-3-14-29(15-4-1)44-47-28-48-45(49-44)34-21-13-24-39-43(34)36-27-42-35(33-20-9-12-25-41(33)50(42)30-16-5-2-6-17-30)26-40(36)46(39)37-22-10-7-18-31(37)32-19-8-11-23-38(32)46/h1-28H. The summed E-state index contributed by atoms with van der Waals surface area (Å²) < 4.78 is 2.41. The van der Waals surface area contributed by atoms with Gasteiger partial charge in [0.15, 0.2) is 11.6 Å². The van der Waals surface area contributed by atoms with Crippen molar-refractivity contribution in [3.05, 3.63) is 192 Å². The van der Waals surface area contributed by atoms with E-state index in [1.807, 2.05) is 30.3 Å². The van der Waals surface area contributed by atoms with Crippen LogP contribution in [0.1, 0.15) is 22.3 Å². The largest absolute Gasteiger partial charge is 0.309 e. The van der Waals surface area contributed by atoms with E-state index in [4.69, 9.17) is 9.97 Å². The van der Waals surface area contributed by atoms with Gasteiger partial charge in [0, 0.05) is 27.6 Å². The highest BCUT2D eigenvalue weighted by atomic mass is 15.0. The molecule has 0 bridgehead atoms. The minimum atomic E-state index is -0.507. The van der Waals surface area contributed by atoms with E-state index in [0.29, 0.717) is 11.6 Å². The molecule has 232 valence electrons. The van der Waals surface area contributed by atoms with Crippen molar-refractivity contribution >= 4 is 21.8 Å². The molecule has 4 nitrogen and oxygen atoms in total. The lowest BCUT2D eigenvalue weighted by molar-refractivity contribution is 0.795. The number of rotatable bonds is 3. The van der Waals surface area contributed by atoms with Crippen molar-refractivity contribution in [3.63, 3.8) is 0 Å². The summed E-state index contributed by atoms with van der Waals surface area (Å²) in [5.41, 5.74) is 15.1. The normalized spacial score (nSPS) is 13.4. The van der Waals surface area contributed by atoms with E-state index in [2.05, 4.69) is 143 Å². The SMILES string of the molecule is c1ccc(-c2ncnc(-c3cccc4c3-c3cc5c(cc3C43c4ccccc4-c4ccccc43)c3ccccc3n5-c3ccccc3)n2)cc1. The summed E-state index contributed by atoms with van der Waals surface area (Å²) in [6.45, 7) is 0. The number of para-hydroxylation sites is 2. The number of aromatic nitrogens is 4. The maximum atomic E-state index is 5.10. The fourth-order valence-corrected chi connectivity index (χ4v) is 8.84. The summed E-state index contributed by atoms with van der Waals surface area (Å²) in [5.74, 6) is 1.33. The van der Waals surface area contributed by atoms with E-state index in [1.165, 1.54) is 66.3 Å². The molecule has 2 aromatic heterocycles. The molecule has 2 heterocycles. The molecule has 0 radical (unpaired) electrons. The molecule has 4 heteroatoms. The Morgan fingerprint density at radius 1 is 0.420 bits per heavy atom. The van der Waals surface area contributed by atoms with Gasteiger partial charge in [-0.3, -0.25) is 0 Å². The van der Waals surface area contributed by atoms with E-state index >= 15 is 0 Å². The molecule has 2 aliphatic rings. The summed E-state index contributed by atoms with van der Waals surface area (Å²) in [7, 11) is 0. The maximum absolute atomic E-state index is 5.10. The Morgan fingerprint density at radius 3 is 1.82 bits per heavy atom. The van der Waals surface area contributed by atoms with Gasteiger partial charge in [0.05, 0.1) is 16.4 Å². The quantitative estimate of drug-likeness (QED) is 0.194. The van der Waals surface area contributed by atoms with Crippen LogP contribution in [0.15, 0.2) is 170 Å². The van der Waals surface area contributed by atoms with E-state index in [0.717, 1.165) is 16.8 Å². The van der Waals surface area contributed by atoms with Gasteiger partial charge in [-0.1, -0.05) is 133 Å². The van der Waals surface area contributed by atoms with Crippen LogP contribution in [0.5, 0.6) is 0 Å². The molecule has 1 spiro atoms. The number of nitrogens with zero attached hydrogens (tertiary/aromatic N) is 4. The molecule has 50 heavy (non-hydrogen) atoms. The average molecular weight is 637 g/mol. The third-order valence-corrected chi connectivity index (χ3v) is 10.8. The lowest BCUT2D eigenvalue weighted by Crippen LogP contribution is -2.25. The monoisotopic (exact) mass is 636 g/mol. The van der Waals surface area contributed by atoms with Crippen LogP contribution >= 0.6 is 0 Å². The molecule has 7 aromatic carbocycles. The van der Waals surface area contributed by atoms with Gasteiger partial charge < -0.3 is 4.57 Å². The van der Waals surface area contributed by atoms with E-state index < -0.39 is 5.41 Å². The van der Waals surface area contributed by atoms with E-state index in [9.17, 15) is 0 Å². The molecule has 11 rings (SSSR count). The maximum Gasteiger partial charge on any atom is 0.164 e. The van der Waals surface area contributed by atoms with Gasteiger partial charge in [-0.2, -0.15) is 0 Å². The third-order valence-electron chi connectivity index (χ3n) is 10.8. The van der Waals surface area contributed by atoms with Crippen LogP contribution in [-0.2, 0) is 5.41 Å². The predicted molar refractivity (Wildman–Crippen MR) is 201 cm³/mol. The van der Waals surface area contributed by atoms with Gasteiger partial charge in [0.25, 0.3) is 0 Å². The fraction of sp³-hybridized carbons (Fsp3) is 0.0217. The van der Waals surface area contributed by atoms with Crippen molar-refractivity contribution in [1.29, 1.82) is 0 Å². The Morgan fingerprint density at radius 2 is 1.04 bits per heavy atom. The average Bonchev–Trinajstić information content (AvgIpc) is 3.79. The van der Waals surface area contributed by atoms with Crippen molar-refractivity contribution in [1.82, 2.24) is 19.5 Å². The zero-order valence-corrected chi connectivity index (χ0v) is 27.0. The van der Waals surface area contributed by atoms with Crippen LogP contribution in [0.2, 0.25) is 0 Å². The lowest BCUT2D eigenvalue weighted by Gasteiger charge is -2.30. The first-order valence-corrected chi connectivity index (χ1v) is 17.0. The Hall–Kier alpha value is -6.65. The Labute approximate surface area is 289 Å². The van der Waals surface area contributed by atoms with Gasteiger partial charge in [-0.05, 0) is 74.8 Å². The first-order chi connectivity index (χ1) is 24.8. The molecule has 0 amide bonds. The minimum Gasteiger partial charge on any atom is -0.309 e. The van der Waals surface area contributed by atoms with Crippen molar-refractivity contribution in [2.45, 2.75) is 5.41 Å². The first-order valence-electron chi connectivity index (χ1n) is 17.0. The van der Waals surface area contributed by atoms with Crippen LogP contribution < -0.4 is 0 Å². The van der Waals surface area contributed by atoms with E-state index in [-0.39, 0.29) is 0 Å². The molecule has 2 aliphatic carbocycles. The number of benzene rings is 7. The number of fused-ring (bicyclic) bond motifs is 13. The molecule has 0 saturated carbocycles. The second-order valence-electron chi connectivity index (χ2n) is 13.2. The zero-order chi connectivity index (χ0) is 32.8. The first kappa shape index (κ1) is 27.3. The molecule has 0 saturated heterocycles.